The summed E-state index contributed by atoms with van der Waals surface area (Å²) in [5, 5.41) is 7.15. The van der Waals surface area contributed by atoms with E-state index in [1.807, 2.05) is 4.98 Å². The molecular formula is C9H10ClFN2O4. The summed E-state index contributed by atoms with van der Waals surface area (Å²) in [5.41, 5.74) is -1.38. The van der Waals surface area contributed by atoms with Gasteiger partial charge in [-0.3, -0.25) is 14.3 Å². The maximum Gasteiger partial charge on any atom is 0.331 e. The molecule has 1 saturated heterocycles. The number of nitrogens with one attached hydrogen (secondary N) is 1. The van der Waals surface area contributed by atoms with Crippen LogP contribution in [-0.2, 0) is 9.92 Å². The molecule has 2 N–H and O–H groups in total. The van der Waals surface area contributed by atoms with E-state index in [4.69, 9.17) is 21.4 Å². The number of hydrogen-bond acceptors (Lipinski definition) is 4. The van der Waals surface area contributed by atoms with Gasteiger partial charge in [0, 0.05) is 18.7 Å². The lowest BCUT2D eigenvalue weighted by Crippen LogP contribution is -2.40. The second kappa shape index (κ2) is 4.25. The van der Waals surface area contributed by atoms with Crippen LogP contribution < -0.4 is 11.2 Å². The zero-order valence-electron chi connectivity index (χ0n) is 8.60. The predicted molar refractivity (Wildman–Crippen MR) is 56.6 cm³/mol. The smallest absolute Gasteiger partial charge is 0.331 e. The molecule has 1 aromatic heterocycles. The van der Waals surface area contributed by atoms with Crippen LogP contribution in [0.1, 0.15) is 6.42 Å². The average Bonchev–Trinajstić information content (AvgIpc) is 2.54. The number of halogens is 2. The Bertz CT molecular complexity index is 530. The molecule has 94 valence electrons. The fraction of sp³-hybridized carbons (Fsp3) is 0.556. The molecule has 1 aliphatic rings. The molecule has 3 atom stereocenters. The first-order chi connectivity index (χ1) is 7.96. The lowest BCUT2D eigenvalue weighted by Gasteiger charge is -2.23. The Morgan fingerprint density at radius 3 is 2.94 bits per heavy atom. The van der Waals surface area contributed by atoms with Crippen molar-refractivity contribution in [3.63, 3.8) is 0 Å². The highest BCUT2D eigenvalue weighted by atomic mass is 35.5. The van der Waals surface area contributed by atoms with Gasteiger partial charge in [0.25, 0.3) is 5.56 Å². The SMILES string of the molecule is O=c1ccn([C@@]2(Cl)C[C@H](F)[C@@H](CO)O2)c(=O)[nH]1. The summed E-state index contributed by atoms with van der Waals surface area (Å²) in [5.74, 6) is 0. The third-order valence-electron chi connectivity index (χ3n) is 2.55. The molecule has 0 aliphatic carbocycles. The van der Waals surface area contributed by atoms with Crippen molar-refractivity contribution in [2.75, 3.05) is 6.61 Å². The number of aliphatic hydroxyl groups is 1. The standard InChI is InChI=1S/C9H10ClFN2O4/c10-9(3-5(11)6(4-14)17-9)13-2-1-7(15)12-8(13)16/h1-2,5-6,14H,3-4H2,(H,12,15,16)/t5-,6+,9-/m0/s1. The van der Waals surface area contributed by atoms with Crippen LogP contribution in [0.5, 0.6) is 0 Å². The molecular weight excluding hydrogens is 255 g/mol. The Labute approximate surface area is 99.6 Å². The number of alkyl halides is 2. The third-order valence-corrected chi connectivity index (χ3v) is 2.97. The molecule has 0 spiro atoms. The Hall–Kier alpha value is -1.18. The van der Waals surface area contributed by atoms with Gasteiger partial charge in [-0.2, -0.15) is 0 Å². The van der Waals surface area contributed by atoms with Gasteiger partial charge < -0.3 is 9.84 Å². The summed E-state index contributed by atoms with van der Waals surface area (Å²) < 4.78 is 19.4. The number of ether oxygens (including phenoxy) is 1. The molecule has 1 fully saturated rings. The van der Waals surface area contributed by atoms with Gasteiger partial charge in [0.15, 0.2) is 0 Å². The maximum absolute atomic E-state index is 13.4. The molecule has 17 heavy (non-hydrogen) atoms. The van der Waals surface area contributed by atoms with Gasteiger partial charge in [0.2, 0.25) is 5.18 Å². The van der Waals surface area contributed by atoms with Crippen LogP contribution >= 0.6 is 11.6 Å². The quantitative estimate of drug-likeness (QED) is 0.706. The van der Waals surface area contributed by atoms with Gasteiger partial charge in [0.05, 0.1) is 6.61 Å². The van der Waals surface area contributed by atoms with Crippen molar-refractivity contribution in [1.82, 2.24) is 9.55 Å². The van der Waals surface area contributed by atoms with Crippen molar-refractivity contribution in [3.8, 4) is 0 Å². The second-order valence-electron chi connectivity index (χ2n) is 3.73. The molecule has 0 bridgehead atoms. The first-order valence-electron chi connectivity index (χ1n) is 4.90. The summed E-state index contributed by atoms with van der Waals surface area (Å²) in [6, 6.07) is 1.08. The minimum Gasteiger partial charge on any atom is -0.394 e. The second-order valence-corrected chi connectivity index (χ2v) is 4.32. The highest BCUT2D eigenvalue weighted by molar-refractivity contribution is 6.21. The molecule has 0 unspecified atom stereocenters. The van der Waals surface area contributed by atoms with Crippen molar-refractivity contribution in [1.29, 1.82) is 0 Å². The summed E-state index contributed by atoms with van der Waals surface area (Å²) in [6.07, 6.45) is -1.71. The molecule has 0 aromatic carbocycles. The van der Waals surface area contributed by atoms with Gasteiger partial charge in [0.1, 0.15) is 12.3 Å². The van der Waals surface area contributed by atoms with Gasteiger partial charge >= 0.3 is 5.69 Å². The van der Waals surface area contributed by atoms with Gasteiger partial charge in [-0.25, -0.2) is 9.18 Å². The van der Waals surface area contributed by atoms with E-state index >= 15 is 0 Å². The van der Waals surface area contributed by atoms with Gasteiger partial charge in [-0.15, -0.1) is 0 Å². The number of H-pyrrole nitrogens is 1. The molecule has 8 heteroatoms. The summed E-state index contributed by atoms with van der Waals surface area (Å²) in [7, 11) is 0. The van der Waals surface area contributed by atoms with E-state index in [2.05, 4.69) is 0 Å². The molecule has 0 radical (unpaired) electrons. The minimum atomic E-state index is -1.71. The number of aromatic amines is 1. The highest BCUT2D eigenvalue weighted by Crippen LogP contribution is 2.38. The molecule has 0 saturated carbocycles. The Kier molecular flexibility index (Phi) is 3.07. The number of aliphatic hydroxyl groups excluding tert-OH is 1. The van der Waals surface area contributed by atoms with Crippen molar-refractivity contribution >= 4 is 11.6 Å². The van der Waals surface area contributed by atoms with Gasteiger partial charge in [-0.1, -0.05) is 11.6 Å². The lowest BCUT2D eigenvalue weighted by molar-refractivity contribution is -0.0625. The van der Waals surface area contributed by atoms with E-state index in [1.165, 1.54) is 0 Å². The normalized spacial score (nSPS) is 32.9. The van der Waals surface area contributed by atoms with Crippen molar-refractivity contribution in [2.24, 2.45) is 0 Å². The van der Waals surface area contributed by atoms with E-state index < -0.39 is 35.3 Å². The number of aromatic nitrogens is 2. The summed E-state index contributed by atoms with van der Waals surface area (Å²) in [6.45, 7) is -0.534. The van der Waals surface area contributed by atoms with Crippen LogP contribution in [0, 0.1) is 0 Å². The van der Waals surface area contributed by atoms with Crippen LogP contribution in [0.25, 0.3) is 0 Å². The van der Waals surface area contributed by atoms with Crippen LogP contribution in [0.2, 0.25) is 0 Å². The lowest BCUT2D eigenvalue weighted by atomic mass is 10.2. The van der Waals surface area contributed by atoms with E-state index in [0.29, 0.717) is 0 Å². The maximum atomic E-state index is 13.4. The minimum absolute atomic E-state index is 0.286. The predicted octanol–water partition coefficient (Wildman–Crippen LogP) is -0.495. The van der Waals surface area contributed by atoms with E-state index in [1.54, 1.807) is 0 Å². The largest absolute Gasteiger partial charge is 0.394 e. The number of rotatable bonds is 2. The molecule has 2 rings (SSSR count). The van der Waals surface area contributed by atoms with E-state index in [0.717, 1.165) is 16.8 Å². The summed E-state index contributed by atoms with van der Waals surface area (Å²) in [4.78, 5) is 24.4. The van der Waals surface area contributed by atoms with Crippen molar-refractivity contribution in [3.05, 3.63) is 33.1 Å². The molecule has 0 amide bonds. The first kappa shape index (κ1) is 12.3. The summed E-state index contributed by atoms with van der Waals surface area (Å²) >= 11 is 5.99. The molecule has 2 heterocycles. The third kappa shape index (κ3) is 2.13. The highest BCUT2D eigenvalue weighted by Gasteiger charge is 2.47. The van der Waals surface area contributed by atoms with Crippen LogP contribution in [-0.4, -0.2) is 33.5 Å². The molecule has 1 aliphatic heterocycles. The zero-order valence-corrected chi connectivity index (χ0v) is 9.35. The number of nitrogens with zero attached hydrogens (tertiary/aromatic N) is 1. The Balaban J connectivity index is 2.40. The van der Waals surface area contributed by atoms with E-state index in [9.17, 15) is 14.0 Å². The van der Waals surface area contributed by atoms with Gasteiger partial charge in [-0.05, 0) is 0 Å². The molecule has 1 aromatic rings. The average molecular weight is 265 g/mol. The van der Waals surface area contributed by atoms with E-state index in [-0.39, 0.29) is 6.42 Å². The molecule has 6 nitrogen and oxygen atoms in total. The topological polar surface area (TPSA) is 84.3 Å². The first-order valence-corrected chi connectivity index (χ1v) is 5.28. The fourth-order valence-electron chi connectivity index (χ4n) is 1.71. The van der Waals surface area contributed by atoms with Crippen molar-refractivity contribution < 1.29 is 14.2 Å². The van der Waals surface area contributed by atoms with Crippen LogP contribution in [0.15, 0.2) is 21.9 Å². The van der Waals surface area contributed by atoms with Crippen LogP contribution in [0.3, 0.4) is 0 Å². The van der Waals surface area contributed by atoms with Crippen LogP contribution in [0.4, 0.5) is 4.39 Å². The van der Waals surface area contributed by atoms with Crippen molar-refractivity contribution in [2.45, 2.75) is 23.9 Å². The Morgan fingerprint density at radius 1 is 1.71 bits per heavy atom. The number of hydrogen-bond donors (Lipinski definition) is 2. The Morgan fingerprint density at radius 2 is 2.41 bits per heavy atom. The fourth-order valence-corrected chi connectivity index (χ4v) is 2.11. The monoisotopic (exact) mass is 264 g/mol. The zero-order chi connectivity index (χ0) is 12.6.